The maximum absolute atomic E-state index is 6.21. The molecule has 2 aromatic rings. The molecule has 1 atom stereocenters. The highest BCUT2D eigenvalue weighted by Gasteiger charge is 2.06. The van der Waals surface area contributed by atoms with Gasteiger partial charge in [-0.05, 0) is 49.2 Å². The third-order valence-electron chi connectivity index (χ3n) is 2.60. The average molecular weight is 296 g/mol. The molecule has 0 saturated heterocycles. The number of hydrogen-bond acceptors (Lipinski definition) is 2. The summed E-state index contributed by atoms with van der Waals surface area (Å²) in [6.07, 6.45) is 0.746. The lowest BCUT2D eigenvalue weighted by atomic mass is 10.1. The second-order valence-electron chi connectivity index (χ2n) is 4.49. The molecule has 2 N–H and O–H groups in total. The van der Waals surface area contributed by atoms with Crippen molar-refractivity contribution in [2.45, 2.75) is 19.4 Å². The van der Waals surface area contributed by atoms with Crippen LogP contribution in [0.1, 0.15) is 12.5 Å². The van der Waals surface area contributed by atoms with Crippen LogP contribution < -0.4 is 10.5 Å². The molecular weight excluding hydrogens is 281 g/mol. The zero-order chi connectivity index (χ0) is 13.8. The van der Waals surface area contributed by atoms with Crippen molar-refractivity contribution in [2.75, 3.05) is 0 Å². The Kier molecular flexibility index (Phi) is 4.70. The van der Waals surface area contributed by atoms with E-state index in [4.69, 9.17) is 33.7 Å². The number of benzene rings is 2. The topological polar surface area (TPSA) is 35.2 Å². The zero-order valence-electron chi connectivity index (χ0n) is 10.6. The zero-order valence-corrected chi connectivity index (χ0v) is 12.1. The second kappa shape index (κ2) is 6.29. The molecule has 19 heavy (non-hydrogen) atoms. The minimum Gasteiger partial charge on any atom is -0.457 e. The summed E-state index contributed by atoms with van der Waals surface area (Å²) in [4.78, 5) is 0. The van der Waals surface area contributed by atoms with Gasteiger partial charge in [0.2, 0.25) is 0 Å². The van der Waals surface area contributed by atoms with E-state index in [1.54, 1.807) is 18.2 Å². The molecule has 4 heteroatoms. The van der Waals surface area contributed by atoms with Gasteiger partial charge in [0.15, 0.2) is 0 Å². The van der Waals surface area contributed by atoms with E-state index in [2.05, 4.69) is 0 Å². The molecule has 0 amide bonds. The Labute approximate surface area is 123 Å². The van der Waals surface area contributed by atoms with Gasteiger partial charge in [-0.2, -0.15) is 0 Å². The quantitative estimate of drug-likeness (QED) is 0.889. The fraction of sp³-hybridized carbons (Fsp3) is 0.200. The van der Waals surface area contributed by atoms with Crippen LogP contribution in [0.15, 0.2) is 42.5 Å². The van der Waals surface area contributed by atoms with Gasteiger partial charge in [-0.1, -0.05) is 35.3 Å². The number of nitrogens with two attached hydrogens (primary N) is 1. The van der Waals surface area contributed by atoms with E-state index in [0.29, 0.717) is 21.5 Å². The Morgan fingerprint density at radius 3 is 2.47 bits per heavy atom. The van der Waals surface area contributed by atoms with Crippen LogP contribution in [-0.2, 0) is 6.42 Å². The normalized spacial score (nSPS) is 12.2. The van der Waals surface area contributed by atoms with Crippen LogP contribution in [0.3, 0.4) is 0 Å². The van der Waals surface area contributed by atoms with E-state index in [-0.39, 0.29) is 6.04 Å². The summed E-state index contributed by atoms with van der Waals surface area (Å²) in [5.74, 6) is 1.37. The van der Waals surface area contributed by atoms with Gasteiger partial charge in [-0.25, -0.2) is 0 Å². The molecule has 2 nitrogen and oxygen atoms in total. The van der Waals surface area contributed by atoms with Gasteiger partial charge in [-0.15, -0.1) is 0 Å². The smallest absolute Gasteiger partial charge is 0.128 e. The van der Waals surface area contributed by atoms with Crippen LogP contribution in [0.5, 0.6) is 11.5 Å². The van der Waals surface area contributed by atoms with Crippen molar-refractivity contribution >= 4 is 23.2 Å². The second-order valence-corrected chi connectivity index (χ2v) is 5.34. The SMILES string of the molecule is CC(N)Cc1ccc(Oc2cccc(Cl)c2)cc1Cl. The van der Waals surface area contributed by atoms with Crippen molar-refractivity contribution in [2.24, 2.45) is 5.73 Å². The minimum absolute atomic E-state index is 0.0807. The van der Waals surface area contributed by atoms with Crippen LogP contribution in [0.4, 0.5) is 0 Å². The number of rotatable bonds is 4. The van der Waals surface area contributed by atoms with Crippen LogP contribution in [-0.4, -0.2) is 6.04 Å². The maximum atomic E-state index is 6.21. The molecule has 0 aromatic heterocycles. The minimum atomic E-state index is 0.0807. The summed E-state index contributed by atoms with van der Waals surface area (Å²) in [5.41, 5.74) is 6.79. The molecule has 0 radical (unpaired) electrons. The molecule has 0 bridgehead atoms. The van der Waals surface area contributed by atoms with Gasteiger partial charge < -0.3 is 10.5 Å². The maximum Gasteiger partial charge on any atom is 0.128 e. The van der Waals surface area contributed by atoms with E-state index in [1.807, 2.05) is 31.2 Å². The van der Waals surface area contributed by atoms with Gasteiger partial charge in [0, 0.05) is 16.1 Å². The van der Waals surface area contributed by atoms with Gasteiger partial charge in [0.25, 0.3) is 0 Å². The van der Waals surface area contributed by atoms with Gasteiger partial charge >= 0.3 is 0 Å². The van der Waals surface area contributed by atoms with Gasteiger partial charge in [-0.3, -0.25) is 0 Å². The molecule has 0 aliphatic carbocycles. The molecule has 100 valence electrons. The van der Waals surface area contributed by atoms with Crippen LogP contribution >= 0.6 is 23.2 Å². The van der Waals surface area contributed by atoms with E-state index in [0.717, 1.165) is 12.0 Å². The largest absolute Gasteiger partial charge is 0.457 e. The van der Waals surface area contributed by atoms with Crippen molar-refractivity contribution in [3.63, 3.8) is 0 Å². The molecule has 2 rings (SSSR count). The molecule has 2 aromatic carbocycles. The summed E-state index contributed by atoms with van der Waals surface area (Å²) < 4.78 is 5.70. The number of halogens is 2. The molecule has 0 spiro atoms. The van der Waals surface area contributed by atoms with Crippen molar-refractivity contribution in [3.8, 4) is 11.5 Å². The van der Waals surface area contributed by atoms with Crippen molar-refractivity contribution in [1.29, 1.82) is 0 Å². The Balaban J connectivity index is 2.16. The first-order valence-corrected chi connectivity index (χ1v) is 6.77. The first-order valence-electron chi connectivity index (χ1n) is 6.02. The molecule has 0 heterocycles. The first kappa shape index (κ1) is 14.2. The molecule has 0 saturated carbocycles. The third-order valence-corrected chi connectivity index (χ3v) is 3.19. The summed E-state index contributed by atoms with van der Waals surface area (Å²) in [5, 5.41) is 1.30. The molecule has 0 fully saturated rings. The Morgan fingerprint density at radius 1 is 1.11 bits per heavy atom. The summed E-state index contributed by atoms with van der Waals surface area (Å²) >= 11 is 12.1. The van der Waals surface area contributed by atoms with E-state index >= 15 is 0 Å². The summed E-state index contributed by atoms with van der Waals surface area (Å²) in [6, 6.07) is 12.9. The highest BCUT2D eigenvalue weighted by atomic mass is 35.5. The molecule has 1 unspecified atom stereocenters. The van der Waals surface area contributed by atoms with Crippen molar-refractivity contribution in [3.05, 3.63) is 58.1 Å². The van der Waals surface area contributed by atoms with E-state index in [9.17, 15) is 0 Å². The average Bonchev–Trinajstić information content (AvgIpc) is 2.32. The fourth-order valence-electron chi connectivity index (χ4n) is 1.77. The first-order chi connectivity index (χ1) is 9.04. The highest BCUT2D eigenvalue weighted by Crippen LogP contribution is 2.28. The van der Waals surface area contributed by atoms with Gasteiger partial charge in [0.05, 0.1) is 0 Å². The summed E-state index contributed by atoms with van der Waals surface area (Å²) in [7, 11) is 0. The number of ether oxygens (including phenoxy) is 1. The molecule has 0 aliphatic heterocycles. The van der Waals surface area contributed by atoms with E-state index in [1.165, 1.54) is 0 Å². The van der Waals surface area contributed by atoms with E-state index < -0.39 is 0 Å². The monoisotopic (exact) mass is 295 g/mol. The predicted molar refractivity (Wildman–Crippen MR) is 80.3 cm³/mol. The standard InChI is InChI=1S/C15H15Cl2NO/c1-10(18)7-11-5-6-14(9-15(11)17)19-13-4-2-3-12(16)8-13/h2-6,8-10H,7,18H2,1H3. The predicted octanol–water partition coefficient (Wildman–Crippen LogP) is 4.68. The lowest BCUT2D eigenvalue weighted by Gasteiger charge is -2.10. The fourth-order valence-corrected chi connectivity index (χ4v) is 2.20. The summed E-state index contributed by atoms with van der Waals surface area (Å²) in [6.45, 7) is 1.95. The lowest BCUT2D eigenvalue weighted by Crippen LogP contribution is -2.17. The van der Waals surface area contributed by atoms with Crippen molar-refractivity contribution < 1.29 is 4.74 Å². The van der Waals surface area contributed by atoms with Crippen LogP contribution in [0.25, 0.3) is 0 Å². The molecular formula is C15H15Cl2NO. The van der Waals surface area contributed by atoms with Crippen LogP contribution in [0, 0.1) is 0 Å². The Morgan fingerprint density at radius 2 is 1.84 bits per heavy atom. The molecule has 0 aliphatic rings. The number of hydrogen-bond donors (Lipinski definition) is 1. The lowest BCUT2D eigenvalue weighted by molar-refractivity contribution is 0.482. The Hall–Kier alpha value is -1.22. The third kappa shape index (κ3) is 4.13. The van der Waals surface area contributed by atoms with Crippen molar-refractivity contribution in [1.82, 2.24) is 0 Å². The Bertz CT molecular complexity index is 570. The highest BCUT2D eigenvalue weighted by molar-refractivity contribution is 6.31. The van der Waals surface area contributed by atoms with Crippen LogP contribution in [0.2, 0.25) is 10.0 Å². The van der Waals surface area contributed by atoms with Gasteiger partial charge in [0.1, 0.15) is 11.5 Å².